The molecule has 0 saturated carbocycles. The van der Waals surface area contributed by atoms with Gasteiger partial charge in [0.1, 0.15) is 5.75 Å². The van der Waals surface area contributed by atoms with Gasteiger partial charge in [0, 0.05) is 39.3 Å². The summed E-state index contributed by atoms with van der Waals surface area (Å²) in [6.07, 6.45) is 2.89. The van der Waals surface area contributed by atoms with Gasteiger partial charge in [-0.1, -0.05) is 24.3 Å². The number of ether oxygens (including phenoxy) is 1. The molecule has 0 fully saturated rings. The zero-order chi connectivity index (χ0) is 17.6. The lowest BCUT2D eigenvalue weighted by Gasteiger charge is -2.10. The molecule has 0 aliphatic rings. The van der Waals surface area contributed by atoms with Gasteiger partial charge in [0.25, 0.3) is 0 Å². The highest BCUT2D eigenvalue weighted by Gasteiger charge is 2.14. The molecule has 2 aromatic carbocycles. The maximum atomic E-state index is 12.2. The smallest absolute Gasteiger partial charge is 0.383 e. The Bertz CT molecular complexity index is 847. The summed E-state index contributed by atoms with van der Waals surface area (Å²) in [5.74, 6) is 0.610. The third-order valence-electron chi connectivity index (χ3n) is 3.72. The minimum absolute atomic E-state index is 0.318. The van der Waals surface area contributed by atoms with E-state index < -0.39 is 0 Å². The maximum absolute atomic E-state index is 12.2. The van der Waals surface area contributed by atoms with Crippen LogP contribution in [0.2, 0.25) is 0 Å². The Morgan fingerprint density at radius 2 is 1.92 bits per heavy atom. The first-order valence-electron chi connectivity index (χ1n) is 7.98. The number of aromatic amines is 1. The van der Waals surface area contributed by atoms with Crippen molar-refractivity contribution in [2.45, 2.75) is 11.3 Å². The number of aromatic nitrogens is 1. The quantitative estimate of drug-likeness (QED) is 0.475. The second-order valence-electron chi connectivity index (χ2n) is 5.88. The van der Waals surface area contributed by atoms with Gasteiger partial charge in [-0.3, -0.25) is 0 Å². The Kier molecular flexibility index (Phi) is 6.07. The highest BCUT2D eigenvalue weighted by molar-refractivity contribution is 8.82. The SMILES string of the molecule is CN(C)CCc1c[nH]c2cccc(OC(=O)SSc3ccccc3)c12. The number of likely N-dealkylation sites (N-methyl/N-ethyl adjacent to an activating group) is 1. The Labute approximate surface area is 155 Å². The molecule has 1 N–H and O–H groups in total. The van der Waals surface area contributed by atoms with Crippen molar-refractivity contribution in [1.29, 1.82) is 0 Å². The van der Waals surface area contributed by atoms with Crippen LogP contribution in [-0.4, -0.2) is 35.8 Å². The van der Waals surface area contributed by atoms with E-state index in [0.29, 0.717) is 5.75 Å². The van der Waals surface area contributed by atoms with Crippen LogP contribution >= 0.6 is 21.6 Å². The van der Waals surface area contributed by atoms with E-state index in [1.165, 1.54) is 10.8 Å². The molecule has 0 bridgehead atoms. The molecular weight excluding hydrogens is 352 g/mol. The van der Waals surface area contributed by atoms with Crippen molar-refractivity contribution in [3.05, 3.63) is 60.3 Å². The summed E-state index contributed by atoms with van der Waals surface area (Å²) in [6.45, 7) is 0.938. The maximum Gasteiger partial charge on any atom is 0.383 e. The zero-order valence-corrected chi connectivity index (χ0v) is 15.8. The highest BCUT2D eigenvalue weighted by atomic mass is 33.1. The van der Waals surface area contributed by atoms with Crippen molar-refractivity contribution in [3.63, 3.8) is 0 Å². The van der Waals surface area contributed by atoms with E-state index >= 15 is 0 Å². The molecule has 0 aliphatic heterocycles. The Morgan fingerprint density at radius 1 is 1.12 bits per heavy atom. The van der Waals surface area contributed by atoms with E-state index in [4.69, 9.17) is 4.74 Å². The van der Waals surface area contributed by atoms with Crippen molar-refractivity contribution in [1.82, 2.24) is 9.88 Å². The summed E-state index contributed by atoms with van der Waals surface area (Å²) in [5, 5.41) is 0.670. The fourth-order valence-electron chi connectivity index (χ4n) is 2.51. The van der Waals surface area contributed by atoms with Crippen LogP contribution in [0.4, 0.5) is 4.79 Å². The summed E-state index contributed by atoms with van der Waals surface area (Å²) in [7, 11) is 6.60. The van der Waals surface area contributed by atoms with Gasteiger partial charge in [-0.05, 0) is 61.1 Å². The number of nitrogens with one attached hydrogen (secondary N) is 1. The first-order valence-corrected chi connectivity index (χ1v) is 10.1. The highest BCUT2D eigenvalue weighted by Crippen LogP contribution is 2.35. The van der Waals surface area contributed by atoms with E-state index in [1.807, 2.05) is 68.8 Å². The summed E-state index contributed by atoms with van der Waals surface area (Å²) in [4.78, 5) is 18.7. The van der Waals surface area contributed by atoms with E-state index in [2.05, 4.69) is 9.88 Å². The summed E-state index contributed by atoms with van der Waals surface area (Å²) in [5.41, 5.74) is 2.15. The number of benzene rings is 2. The van der Waals surface area contributed by atoms with E-state index in [9.17, 15) is 4.79 Å². The molecule has 25 heavy (non-hydrogen) atoms. The minimum atomic E-state index is -0.318. The first kappa shape index (κ1) is 17.9. The van der Waals surface area contributed by atoms with Crippen LogP contribution in [0.1, 0.15) is 5.56 Å². The third kappa shape index (κ3) is 4.81. The van der Waals surface area contributed by atoms with Crippen molar-refractivity contribution in [2.75, 3.05) is 20.6 Å². The van der Waals surface area contributed by atoms with Gasteiger partial charge < -0.3 is 14.6 Å². The van der Waals surface area contributed by atoms with Gasteiger partial charge in [-0.15, -0.1) is 0 Å². The van der Waals surface area contributed by atoms with Crippen LogP contribution in [0.3, 0.4) is 0 Å². The molecule has 0 radical (unpaired) electrons. The molecule has 3 aromatic rings. The van der Waals surface area contributed by atoms with Crippen LogP contribution in [0, 0.1) is 0 Å². The Hall–Kier alpha value is -1.89. The number of fused-ring (bicyclic) bond motifs is 1. The Morgan fingerprint density at radius 3 is 2.68 bits per heavy atom. The van der Waals surface area contributed by atoms with Gasteiger partial charge in [0.2, 0.25) is 0 Å². The van der Waals surface area contributed by atoms with Crippen LogP contribution in [0.5, 0.6) is 5.75 Å². The predicted molar refractivity (Wildman–Crippen MR) is 106 cm³/mol. The fourth-order valence-corrected chi connectivity index (χ4v) is 4.00. The number of rotatable bonds is 6. The van der Waals surface area contributed by atoms with Gasteiger partial charge in [-0.25, -0.2) is 4.79 Å². The lowest BCUT2D eigenvalue weighted by atomic mass is 10.1. The van der Waals surface area contributed by atoms with Gasteiger partial charge >= 0.3 is 5.30 Å². The van der Waals surface area contributed by atoms with E-state index in [-0.39, 0.29) is 5.30 Å². The fraction of sp³-hybridized carbons (Fsp3) is 0.211. The first-order chi connectivity index (χ1) is 12.1. The van der Waals surface area contributed by atoms with Crippen molar-refractivity contribution in [2.24, 2.45) is 0 Å². The van der Waals surface area contributed by atoms with Crippen LogP contribution < -0.4 is 4.74 Å². The molecule has 0 aliphatic carbocycles. The average molecular weight is 373 g/mol. The molecule has 130 valence electrons. The summed E-state index contributed by atoms with van der Waals surface area (Å²) < 4.78 is 5.62. The van der Waals surface area contributed by atoms with Crippen LogP contribution in [0.15, 0.2) is 59.6 Å². The molecule has 4 nitrogen and oxygen atoms in total. The lowest BCUT2D eigenvalue weighted by molar-refractivity contribution is 0.228. The molecule has 0 amide bonds. The van der Waals surface area contributed by atoms with Crippen molar-refractivity contribution < 1.29 is 9.53 Å². The molecule has 0 saturated heterocycles. The topological polar surface area (TPSA) is 45.3 Å². The van der Waals surface area contributed by atoms with Crippen LogP contribution in [-0.2, 0) is 6.42 Å². The third-order valence-corrected chi connectivity index (χ3v) is 5.72. The largest absolute Gasteiger partial charge is 0.417 e. The normalized spacial score (nSPS) is 11.2. The molecule has 3 rings (SSSR count). The number of carbonyl (C=O) groups is 1. The minimum Gasteiger partial charge on any atom is -0.417 e. The molecule has 0 unspecified atom stereocenters. The van der Waals surface area contributed by atoms with Crippen molar-refractivity contribution >= 4 is 37.8 Å². The summed E-state index contributed by atoms with van der Waals surface area (Å²) in [6, 6.07) is 15.5. The average Bonchev–Trinajstić information content (AvgIpc) is 3.03. The predicted octanol–water partition coefficient (Wildman–Crippen LogP) is 5.21. The molecule has 6 heteroatoms. The summed E-state index contributed by atoms with van der Waals surface area (Å²) >= 11 is 0. The van der Waals surface area contributed by atoms with E-state index in [1.54, 1.807) is 0 Å². The molecule has 1 aromatic heterocycles. The number of hydrogen-bond donors (Lipinski definition) is 1. The second-order valence-corrected chi connectivity index (χ2v) is 8.02. The number of hydrogen-bond acceptors (Lipinski definition) is 5. The van der Waals surface area contributed by atoms with Gasteiger partial charge in [0.05, 0.1) is 0 Å². The number of carbonyl (C=O) groups excluding carboxylic acids is 1. The molecular formula is C19H20N2O2S2. The van der Waals surface area contributed by atoms with Crippen LogP contribution in [0.25, 0.3) is 10.9 Å². The molecule has 0 spiro atoms. The van der Waals surface area contributed by atoms with E-state index in [0.717, 1.165) is 45.1 Å². The number of H-pyrrole nitrogens is 1. The van der Waals surface area contributed by atoms with Gasteiger partial charge in [0.15, 0.2) is 0 Å². The monoisotopic (exact) mass is 372 g/mol. The Balaban J connectivity index is 1.71. The number of nitrogens with zero attached hydrogens (tertiary/aromatic N) is 1. The lowest BCUT2D eigenvalue weighted by Crippen LogP contribution is -2.14. The van der Waals surface area contributed by atoms with Gasteiger partial charge in [-0.2, -0.15) is 0 Å². The van der Waals surface area contributed by atoms with Crippen molar-refractivity contribution in [3.8, 4) is 5.75 Å². The molecule has 0 atom stereocenters. The zero-order valence-electron chi connectivity index (χ0n) is 14.2. The second kappa shape index (κ2) is 8.47. The standard InChI is InChI=1S/C19H20N2O2S2/c1-21(2)12-11-14-13-20-16-9-6-10-17(18(14)16)23-19(22)25-24-15-7-4-3-5-8-15/h3-10,13,20H,11-12H2,1-2H3. The molecule has 1 heterocycles.